The number of aromatic nitrogens is 4. The molecule has 0 aliphatic heterocycles. The van der Waals surface area contributed by atoms with E-state index in [-0.39, 0.29) is 5.28 Å². The number of fused-ring (bicyclic) bond motifs is 1. The van der Waals surface area contributed by atoms with E-state index in [2.05, 4.69) is 19.7 Å². The Bertz CT molecular complexity index is 1030. The van der Waals surface area contributed by atoms with E-state index < -0.39 is 0 Å². The molecule has 7 heteroatoms. The zero-order valence-electron chi connectivity index (χ0n) is 13.0. The quantitative estimate of drug-likeness (QED) is 0.529. The van der Waals surface area contributed by atoms with Crippen LogP contribution in [0.1, 0.15) is 5.69 Å². The Morgan fingerprint density at radius 2 is 1.80 bits per heavy atom. The highest BCUT2D eigenvalue weighted by Gasteiger charge is 2.14. The van der Waals surface area contributed by atoms with Crippen molar-refractivity contribution in [2.75, 3.05) is 5.32 Å². The Kier molecular flexibility index (Phi) is 4.26. The van der Waals surface area contributed by atoms with Gasteiger partial charge in [-0.1, -0.05) is 29.8 Å². The van der Waals surface area contributed by atoms with Crippen LogP contribution in [-0.4, -0.2) is 19.4 Å². The normalized spacial score (nSPS) is 11.0. The molecule has 124 valence electrons. The molecule has 1 N–H and O–H groups in total. The van der Waals surface area contributed by atoms with E-state index in [0.29, 0.717) is 17.4 Å². The number of halogens is 2. The summed E-state index contributed by atoms with van der Waals surface area (Å²) in [5.41, 5.74) is 3.80. The van der Waals surface area contributed by atoms with Crippen LogP contribution >= 0.6 is 23.2 Å². The van der Waals surface area contributed by atoms with E-state index in [1.807, 2.05) is 48.7 Å². The van der Waals surface area contributed by atoms with E-state index in [9.17, 15) is 0 Å². The molecule has 0 bridgehead atoms. The maximum atomic E-state index is 6.01. The molecule has 0 amide bonds. The first kappa shape index (κ1) is 15.9. The number of hydrogen-bond acceptors (Lipinski definition) is 4. The molecule has 3 aromatic heterocycles. The zero-order valence-corrected chi connectivity index (χ0v) is 14.5. The smallest absolute Gasteiger partial charge is 0.224 e. The summed E-state index contributed by atoms with van der Waals surface area (Å²) >= 11 is 11.9. The van der Waals surface area contributed by atoms with Crippen LogP contribution in [0.5, 0.6) is 0 Å². The summed E-state index contributed by atoms with van der Waals surface area (Å²) in [4.78, 5) is 12.8. The molecular weight excluding hydrogens is 357 g/mol. The molecule has 3 heterocycles. The van der Waals surface area contributed by atoms with Crippen LogP contribution in [0.3, 0.4) is 0 Å². The maximum absolute atomic E-state index is 6.01. The van der Waals surface area contributed by atoms with Gasteiger partial charge >= 0.3 is 0 Å². The molecule has 0 aliphatic rings. The minimum Gasteiger partial charge on any atom is -0.364 e. The van der Waals surface area contributed by atoms with Crippen LogP contribution in [0.4, 0.5) is 5.82 Å². The molecule has 0 fully saturated rings. The van der Waals surface area contributed by atoms with Gasteiger partial charge in [-0.3, -0.25) is 0 Å². The third kappa shape index (κ3) is 3.29. The second kappa shape index (κ2) is 6.70. The molecule has 0 aliphatic carbocycles. The first-order valence-electron chi connectivity index (χ1n) is 7.65. The average molecular weight is 370 g/mol. The first-order valence-corrected chi connectivity index (χ1v) is 8.40. The van der Waals surface area contributed by atoms with E-state index in [1.54, 1.807) is 12.3 Å². The lowest BCUT2D eigenvalue weighted by molar-refractivity contribution is 0.990. The van der Waals surface area contributed by atoms with Crippen molar-refractivity contribution in [1.82, 2.24) is 19.4 Å². The SMILES string of the molecule is Clc1ccc(-c2nc3ccccn3c2CNc2ccnc(Cl)n2)cc1. The predicted octanol–water partition coefficient (Wildman–Crippen LogP) is 4.71. The van der Waals surface area contributed by atoms with Gasteiger partial charge in [-0.25, -0.2) is 15.0 Å². The minimum absolute atomic E-state index is 0.209. The van der Waals surface area contributed by atoms with E-state index in [4.69, 9.17) is 28.2 Å². The number of nitrogens with one attached hydrogen (secondary N) is 1. The second-order valence-electron chi connectivity index (χ2n) is 5.41. The second-order valence-corrected chi connectivity index (χ2v) is 6.18. The highest BCUT2D eigenvalue weighted by Crippen LogP contribution is 2.26. The van der Waals surface area contributed by atoms with Crippen molar-refractivity contribution in [2.24, 2.45) is 0 Å². The Balaban J connectivity index is 1.75. The number of rotatable bonds is 4. The van der Waals surface area contributed by atoms with Gasteiger partial charge in [0.05, 0.1) is 17.9 Å². The minimum atomic E-state index is 0.209. The molecule has 0 radical (unpaired) electrons. The van der Waals surface area contributed by atoms with E-state index in [1.165, 1.54) is 0 Å². The number of hydrogen-bond donors (Lipinski definition) is 1. The van der Waals surface area contributed by atoms with Gasteiger partial charge < -0.3 is 9.72 Å². The van der Waals surface area contributed by atoms with Gasteiger partial charge in [-0.2, -0.15) is 0 Å². The zero-order chi connectivity index (χ0) is 17.2. The topological polar surface area (TPSA) is 55.1 Å². The van der Waals surface area contributed by atoms with Crippen LogP contribution in [0, 0.1) is 0 Å². The van der Waals surface area contributed by atoms with Crippen molar-refractivity contribution in [3.05, 3.63) is 76.9 Å². The molecular formula is C18H13Cl2N5. The van der Waals surface area contributed by atoms with Crippen LogP contribution in [0.15, 0.2) is 60.9 Å². The van der Waals surface area contributed by atoms with Gasteiger partial charge in [0.15, 0.2) is 0 Å². The van der Waals surface area contributed by atoms with E-state index >= 15 is 0 Å². The van der Waals surface area contributed by atoms with Crippen molar-refractivity contribution in [3.8, 4) is 11.3 Å². The van der Waals surface area contributed by atoms with Gasteiger partial charge in [0.2, 0.25) is 5.28 Å². The van der Waals surface area contributed by atoms with Crippen molar-refractivity contribution in [3.63, 3.8) is 0 Å². The number of nitrogens with zero attached hydrogens (tertiary/aromatic N) is 4. The summed E-state index contributed by atoms with van der Waals surface area (Å²) in [5.74, 6) is 0.660. The van der Waals surface area contributed by atoms with Gasteiger partial charge in [0.25, 0.3) is 0 Å². The Morgan fingerprint density at radius 1 is 0.960 bits per heavy atom. The monoisotopic (exact) mass is 369 g/mol. The largest absolute Gasteiger partial charge is 0.364 e. The fourth-order valence-corrected chi connectivity index (χ4v) is 2.94. The Labute approximate surface area is 154 Å². The van der Waals surface area contributed by atoms with Crippen molar-refractivity contribution < 1.29 is 0 Å². The van der Waals surface area contributed by atoms with Crippen molar-refractivity contribution >= 4 is 34.7 Å². The van der Waals surface area contributed by atoms with Crippen LogP contribution in [0.2, 0.25) is 10.3 Å². The maximum Gasteiger partial charge on any atom is 0.224 e. The summed E-state index contributed by atoms with van der Waals surface area (Å²) in [5, 5.41) is 4.19. The third-order valence-corrected chi connectivity index (χ3v) is 4.24. The molecule has 0 saturated heterocycles. The predicted molar refractivity (Wildman–Crippen MR) is 100 cm³/mol. The molecule has 4 rings (SSSR count). The highest BCUT2D eigenvalue weighted by molar-refractivity contribution is 6.30. The molecule has 0 atom stereocenters. The summed E-state index contributed by atoms with van der Waals surface area (Å²) in [6.07, 6.45) is 3.61. The molecule has 1 aromatic carbocycles. The van der Waals surface area contributed by atoms with Gasteiger partial charge in [-0.15, -0.1) is 0 Å². The van der Waals surface area contributed by atoms with Crippen molar-refractivity contribution in [2.45, 2.75) is 6.54 Å². The number of anilines is 1. The fraction of sp³-hybridized carbons (Fsp3) is 0.0556. The molecule has 25 heavy (non-hydrogen) atoms. The van der Waals surface area contributed by atoms with Gasteiger partial charge in [0, 0.05) is 23.0 Å². The van der Waals surface area contributed by atoms with Crippen molar-refractivity contribution in [1.29, 1.82) is 0 Å². The van der Waals surface area contributed by atoms with Crippen LogP contribution in [-0.2, 0) is 6.54 Å². The summed E-state index contributed by atoms with van der Waals surface area (Å²) in [7, 11) is 0. The standard InChI is InChI=1S/C18H13Cl2N5/c19-13-6-4-12(5-7-13)17-14(25-10-2-1-3-16(25)24-17)11-22-15-8-9-21-18(20)23-15/h1-10H,11H2,(H,21,22,23). The molecule has 0 unspecified atom stereocenters. The lowest BCUT2D eigenvalue weighted by atomic mass is 10.1. The van der Waals surface area contributed by atoms with Gasteiger partial charge in [-0.05, 0) is 41.9 Å². The fourth-order valence-electron chi connectivity index (χ4n) is 2.66. The van der Waals surface area contributed by atoms with E-state index in [0.717, 1.165) is 22.6 Å². The Hall–Kier alpha value is -2.63. The number of imidazole rings is 1. The van der Waals surface area contributed by atoms with Crippen LogP contribution < -0.4 is 5.32 Å². The average Bonchev–Trinajstić information content (AvgIpc) is 2.99. The lowest BCUT2D eigenvalue weighted by Crippen LogP contribution is -2.05. The van der Waals surface area contributed by atoms with Crippen LogP contribution in [0.25, 0.3) is 16.9 Å². The van der Waals surface area contributed by atoms with Gasteiger partial charge in [0.1, 0.15) is 11.5 Å². The lowest BCUT2D eigenvalue weighted by Gasteiger charge is -2.08. The molecule has 4 aromatic rings. The molecule has 5 nitrogen and oxygen atoms in total. The Morgan fingerprint density at radius 3 is 2.60 bits per heavy atom. The first-order chi connectivity index (χ1) is 12.2. The number of benzene rings is 1. The third-order valence-electron chi connectivity index (χ3n) is 3.81. The number of pyridine rings is 1. The summed E-state index contributed by atoms with van der Waals surface area (Å²) in [6.45, 7) is 0.538. The summed E-state index contributed by atoms with van der Waals surface area (Å²) in [6, 6.07) is 15.4. The molecule has 0 saturated carbocycles. The molecule has 0 spiro atoms. The summed E-state index contributed by atoms with van der Waals surface area (Å²) < 4.78 is 2.06. The highest BCUT2D eigenvalue weighted by atomic mass is 35.5.